The van der Waals surface area contributed by atoms with Crippen LogP contribution in [0.1, 0.15) is 50.1 Å². The molecule has 1 N–H and O–H groups in total. The third-order valence-corrected chi connectivity index (χ3v) is 6.71. The summed E-state index contributed by atoms with van der Waals surface area (Å²) in [5.74, 6) is 0.562. The maximum absolute atomic E-state index is 14.5. The topological polar surface area (TPSA) is 101 Å². The molecule has 1 atom stereocenters. The summed E-state index contributed by atoms with van der Waals surface area (Å²) in [6.07, 6.45) is 3.42. The van der Waals surface area contributed by atoms with Gasteiger partial charge in [-0.25, -0.2) is 9.18 Å². The number of carbonyl (C=O) groups is 1. The number of hydrogen-bond acceptors (Lipinski definition) is 6. The number of para-hydroxylation sites is 1. The number of aryl methyl sites for hydroxylation is 1. The van der Waals surface area contributed by atoms with Crippen LogP contribution in [0.5, 0.6) is 0 Å². The van der Waals surface area contributed by atoms with Crippen LogP contribution in [0.3, 0.4) is 0 Å². The van der Waals surface area contributed by atoms with Crippen LogP contribution in [0.2, 0.25) is 0 Å². The number of fused-ring (bicyclic) bond motifs is 1. The number of hydrogen-bond donors (Lipinski definition) is 1. The van der Waals surface area contributed by atoms with E-state index in [0.29, 0.717) is 24.4 Å². The first-order valence-corrected chi connectivity index (χ1v) is 11.3. The highest BCUT2D eigenvalue weighted by molar-refractivity contribution is 5.83. The van der Waals surface area contributed by atoms with E-state index in [2.05, 4.69) is 20.1 Å². The molecule has 5 rings (SSSR count). The van der Waals surface area contributed by atoms with Gasteiger partial charge in [-0.3, -0.25) is 0 Å². The Hall–Kier alpha value is -3.01. The summed E-state index contributed by atoms with van der Waals surface area (Å²) in [4.78, 5) is 19.8. The predicted molar refractivity (Wildman–Crippen MR) is 114 cm³/mol. The average molecular weight is 442 g/mol. The molecular weight excluding hydrogens is 415 g/mol. The maximum Gasteiger partial charge on any atom is 0.407 e. The number of benzene rings is 1. The van der Waals surface area contributed by atoms with Crippen molar-refractivity contribution < 1.29 is 18.8 Å². The highest BCUT2D eigenvalue weighted by atomic mass is 19.1. The highest BCUT2D eigenvalue weighted by Crippen LogP contribution is 2.30. The molecule has 3 aromatic rings. The van der Waals surface area contributed by atoms with Gasteiger partial charge in [0.2, 0.25) is 5.89 Å². The third kappa shape index (κ3) is 3.72. The number of halogens is 1. The SMILES string of the molecule is CCc1nn(-c2noc(C3CCN(C[C@H]4CCCN4C(=O)O)CC3)n2)c2c(F)cccc12. The molecule has 0 aliphatic carbocycles. The molecule has 2 saturated heterocycles. The van der Waals surface area contributed by atoms with Crippen LogP contribution >= 0.6 is 0 Å². The lowest BCUT2D eigenvalue weighted by Crippen LogP contribution is -2.45. The highest BCUT2D eigenvalue weighted by Gasteiger charge is 2.32. The minimum Gasteiger partial charge on any atom is -0.465 e. The average Bonchev–Trinajstić information content (AvgIpc) is 3.53. The lowest BCUT2D eigenvalue weighted by Gasteiger charge is -2.34. The second-order valence-corrected chi connectivity index (χ2v) is 8.63. The molecular formula is C22H27FN6O3. The molecule has 2 fully saturated rings. The molecule has 2 aliphatic heterocycles. The van der Waals surface area contributed by atoms with E-state index in [4.69, 9.17) is 4.52 Å². The van der Waals surface area contributed by atoms with Crippen LogP contribution in [-0.4, -0.2) is 73.1 Å². The van der Waals surface area contributed by atoms with E-state index in [0.717, 1.165) is 56.4 Å². The van der Waals surface area contributed by atoms with E-state index < -0.39 is 6.09 Å². The minimum atomic E-state index is -0.824. The van der Waals surface area contributed by atoms with Gasteiger partial charge in [-0.05, 0) is 56.4 Å². The van der Waals surface area contributed by atoms with Crippen molar-refractivity contribution in [3.05, 3.63) is 35.6 Å². The Morgan fingerprint density at radius 2 is 2.06 bits per heavy atom. The molecule has 0 saturated carbocycles. The summed E-state index contributed by atoms with van der Waals surface area (Å²) in [5, 5.41) is 18.7. The Bertz CT molecular complexity index is 1120. The molecule has 0 radical (unpaired) electrons. The van der Waals surface area contributed by atoms with Gasteiger partial charge in [0.15, 0.2) is 0 Å². The van der Waals surface area contributed by atoms with Gasteiger partial charge < -0.3 is 19.4 Å². The minimum absolute atomic E-state index is 0.0785. The second kappa shape index (κ2) is 8.50. The Morgan fingerprint density at radius 1 is 1.25 bits per heavy atom. The molecule has 170 valence electrons. The number of nitrogens with zero attached hydrogens (tertiary/aromatic N) is 6. The number of piperidine rings is 1. The summed E-state index contributed by atoms with van der Waals surface area (Å²) in [6.45, 7) is 5.08. The smallest absolute Gasteiger partial charge is 0.407 e. The van der Waals surface area contributed by atoms with Crippen LogP contribution in [0, 0.1) is 5.82 Å². The number of aromatic nitrogens is 4. The molecule has 0 bridgehead atoms. The van der Waals surface area contributed by atoms with Crippen molar-refractivity contribution in [3.8, 4) is 5.95 Å². The van der Waals surface area contributed by atoms with Crippen molar-refractivity contribution in [2.75, 3.05) is 26.2 Å². The van der Waals surface area contributed by atoms with E-state index >= 15 is 0 Å². The summed E-state index contributed by atoms with van der Waals surface area (Å²) >= 11 is 0. The van der Waals surface area contributed by atoms with Crippen molar-refractivity contribution in [3.63, 3.8) is 0 Å². The van der Waals surface area contributed by atoms with Crippen LogP contribution in [0.4, 0.5) is 9.18 Å². The summed E-state index contributed by atoms with van der Waals surface area (Å²) in [5.41, 5.74) is 1.16. The molecule has 10 heteroatoms. The van der Waals surface area contributed by atoms with Gasteiger partial charge in [-0.1, -0.05) is 19.1 Å². The van der Waals surface area contributed by atoms with Crippen LogP contribution < -0.4 is 0 Å². The Morgan fingerprint density at radius 3 is 2.81 bits per heavy atom. The summed E-state index contributed by atoms with van der Waals surface area (Å²) in [6, 6.07) is 5.02. The van der Waals surface area contributed by atoms with E-state index in [9.17, 15) is 14.3 Å². The summed E-state index contributed by atoms with van der Waals surface area (Å²) in [7, 11) is 0. The first-order valence-electron chi connectivity index (χ1n) is 11.3. The van der Waals surface area contributed by atoms with Crippen LogP contribution in [-0.2, 0) is 6.42 Å². The lowest BCUT2D eigenvalue weighted by atomic mass is 9.96. The molecule has 0 unspecified atom stereocenters. The van der Waals surface area contributed by atoms with Crippen molar-refractivity contribution in [1.82, 2.24) is 29.7 Å². The summed E-state index contributed by atoms with van der Waals surface area (Å²) < 4.78 is 21.5. The molecule has 1 amide bonds. The van der Waals surface area contributed by atoms with Gasteiger partial charge in [-0.2, -0.15) is 14.8 Å². The van der Waals surface area contributed by atoms with Crippen molar-refractivity contribution in [2.24, 2.45) is 0 Å². The first-order chi connectivity index (χ1) is 15.5. The fraction of sp³-hybridized carbons (Fsp3) is 0.545. The zero-order chi connectivity index (χ0) is 22.2. The van der Waals surface area contributed by atoms with Crippen molar-refractivity contribution in [2.45, 2.75) is 51.0 Å². The zero-order valence-corrected chi connectivity index (χ0v) is 18.1. The quantitative estimate of drug-likeness (QED) is 0.646. The molecule has 0 spiro atoms. The zero-order valence-electron chi connectivity index (χ0n) is 18.1. The number of rotatable bonds is 5. The van der Waals surface area contributed by atoms with Crippen molar-refractivity contribution in [1.29, 1.82) is 0 Å². The standard InChI is InChI=1S/C22H27FN6O3/c1-2-18-16-6-3-7-17(23)19(16)29(25-18)21-24-20(32-26-21)14-8-11-27(12-9-14)13-15-5-4-10-28(15)22(30)31/h3,6-7,14-15H,2,4-5,8-13H2,1H3,(H,30,31)/t15-/m1/s1. The van der Waals surface area contributed by atoms with E-state index in [1.165, 1.54) is 10.7 Å². The van der Waals surface area contributed by atoms with Crippen LogP contribution in [0.25, 0.3) is 16.9 Å². The lowest BCUT2D eigenvalue weighted by molar-refractivity contribution is 0.115. The van der Waals surface area contributed by atoms with E-state index in [1.807, 2.05) is 13.0 Å². The molecule has 2 aromatic heterocycles. The fourth-order valence-corrected chi connectivity index (χ4v) is 5.01. The van der Waals surface area contributed by atoms with Crippen LogP contribution in [0.15, 0.2) is 22.7 Å². The largest absolute Gasteiger partial charge is 0.465 e. The maximum atomic E-state index is 14.5. The van der Waals surface area contributed by atoms with E-state index in [1.54, 1.807) is 11.0 Å². The molecule has 32 heavy (non-hydrogen) atoms. The Kier molecular flexibility index (Phi) is 5.54. The normalized spacial score (nSPS) is 20.4. The number of amides is 1. The predicted octanol–water partition coefficient (Wildman–Crippen LogP) is 3.43. The first kappa shape index (κ1) is 20.9. The third-order valence-electron chi connectivity index (χ3n) is 6.71. The number of carboxylic acid groups (broad SMARTS) is 1. The van der Waals surface area contributed by atoms with Gasteiger partial charge >= 0.3 is 6.09 Å². The molecule has 9 nitrogen and oxygen atoms in total. The Labute approximate surface area is 184 Å². The molecule has 4 heterocycles. The number of likely N-dealkylation sites (tertiary alicyclic amines) is 2. The second-order valence-electron chi connectivity index (χ2n) is 8.63. The van der Waals surface area contributed by atoms with Gasteiger partial charge in [0.1, 0.15) is 11.3 Å². The van der Waals surface area contributed by atoms with Gasteiger partial charge in [0, 0.05) is 30.4 Å². The fourth-order valence-electron chi connectivity index (χ4n) is 5.01. The van der Waals surface area contributed by atoms with Crippen molar-refractivity contribution >= 4 is 17.0 Å². The van der Waals surface area contributed by atoms with Gasteiger partial charge in [0.05, 0.1) is 5.69 Å². The monoisotopic (exact) mass is 442 g/mol. The molecule has 2 aliphatic rings. The van der Waals surface area contributed by atoms with E-state index in [-0.39, 0.29) is 23.7 Å². The van der Waals surface area contributed by atoms with Gasteiger partial charge in [0.25, 0.3) is 5.95 Å². The molecule has 1 aromatic carbocycles. The Balaban J connectivity index is 1.28. The van der Waals surface area contributed by atoms with Gasteiger partial charge in [-0.15, -0.1) is 0 Å².